The Bertz CT molecular complexity index is 1930. The number of carbonyl (C=O) groups excluding carboxylic acids is 1. The summed E-state index contributed by atoms with van der Waals surface area (Å²) in [5, 5.41) is 18.4. The number of oxazole rings is 1. The molecule has 0 bridgehead atoms. The molecule has 12 nitrogen and oxygen atoms in total. The number of H-pyrrole nitrogens is 1. The van der Waals surface area contributed by atoms with Crippen molar-refractivity contribution in [3.63, 3.8) is 0 Å². The van der Waals surface area contributed by atoms with Crippen LogP contribution in [-0.2, 0) is 0 Å². The predicted octanol–water partition coefficient (Wildman–Crippen LogP) is 4.52. The van der Waals surface area contributed by atoms with Crippen molar-refractivity contribution in [1.29, 1.82) is 0 Å². The number of tetrazole rings is 1. The Labute approximate surface area is 249 Å². The number of nitrogens with zero attached hydrogens (tertiary/aromatic N) is 9. The van der Waals surface area contributed by atoms with Crippen molar-refractivity contribution in [3.05, 3.63) is 95.8 Å². The lowest BCUT2D eigenvalue weighted by atomic mass is 10.0. The van der Waals surface area contributed by atoms with Crippen LogP contribution in [0.4, 0.5) is 8.78 Å². The predicted molar refractivity (Wildman–Crippen MR) is 154 cm³/mol. The molecular formula is C30H26F2N10O2. The Morgan fingerprint density at radius 2 is 1.82 bits per heavy atom. The minimum absolute atomic E-state index is 0.177. The number of aromatic nitrogens is 8. The van der Waals surface area contributed by atoms with Gasteiger partial charge in [0.2, 0.25) is 5.89 Å². The van der Waals surface area contributed by atoms with Crippen LogP contribution in [0.2, 0.25) is 0 Å². The summed E-state index contributed by atoms with van der Waals surface area (Å²) in [4.78, 5) is 26.6. The monoisotopic (exact) mass is 596 g/mol. The Balaban J connectivity index is 1.08. The number of fused-ring (bicyclic) bond motifs is 1. The molecule has 5 heterocycles. The summed E-state index contributed by atoms with van der Waals surface area (Å²) in [5.41, 5.74) is 5.91. The van der Waals surface area contributed by atoms with E-state index < -0.39 is 12.6 Å². The number of hydrogen-bond acceptors (Lipinski definition) is 9. The summed E-state index contributed by atoms with van der Waals surface area (Å²) >= 11 is 0. The van der Waals surface area contributed by atoms with Gasteiger partial charge in [0, 0.05) is 49.7 Å². The first-order valence-corrected chi connectivity index (χ1v) is 14.0. The second kappa shape index (κ2) is 11.4. The van der Waals surface area contributed by atoms with Gasteiger partial charge in [-0.05, 0) is 47.5 Å². The van der Waals surface area contributed by atoms with Gasteiger partial charge in [0.05, 0.1) is 11.7 Å². The first-order valence-electron chi connectivity index (χ1n) is 14.0. The minimum atomic E-state index is -2.89. The van der Waals surface area contributed by atoms with Crippen LogP contribution in [-0.4, -0.2) is 82.3 Å². The molecule has 1 amide bonds. The molecule has 1 aliphatic heterocycles. The van der Waals surface area contributed by atoms with Crippen molar-refractivity contribution < 1.29 is 18.0 Å². The van der Waals surface area contributed by atoms with Gasteiger partial charge < -0.3 is 9.32 Å². The van der Waals surface area contributed by atoms with Crippen LogP contribution in [0.25, 0.3) is 33.7 Å². The molecule has 4 aromatic heterocycles. The zero-order valence-electron chi connectivity index (χ0n) is 23.5. The molecule has 0 unspecified atom stereocenters. The molecule has 6 aromatic rings. The Morgan fingerprint density at radius 1 is 1.00 bits per heavy atom. The third kappa shape index (κ3) is 5.19. The lowest BCUT2D eigenvalue weighted by Gasteiger charge is -2.38. The molecule has 222 valence electrons. The standard InChI is InChI=1S/C30H26F2N10O2/c1-18-22(17-34-36-18)20-7-8-25-23(15-20)35-28(44-25)21-9-10-33-24(16-21)29(43)41-13-11-40(12-14-41)26(19-5-3-2-4-6-19)27-37-39-42(38-27)30(31)32/h2-10,15-17,26,30H,11-14H2,1H3,(H,34,36)/t26-/m1/s1. The molecule has 1 saturated heterocycles. The molecule has 0 aliphatic carbocycles. The maximum atomic E-state index is 13.5. The summed E-state index contributed by atoms with van der Waals surface area (Å²) in [6, 6.07) is 18.1. The van der Waals surface area contributed by atoms with Crippen molar-refractivity contribution in [2.75, 3.05) is 26.2 Å². The van der Waals surface area contributed by atoms with Gasteiger partial charge in [0.25, 0.3) is 5.91 Å². The van der Waals surface area contributed by atoms with Crippen molar-refractivity contribution in [1.82, 2.24) is 50.2 Å². The molecular weight excluding hydrogens is 570 g/mol. The highest BCUT2D eigenvalue weighted by Crippen LogP contribution is 2.30. The van der Waals surface area contributed by atoms with Crippen LogP contribution in [0.1, 0.15) is 40.2 Å². The Hall–Kier alpha value is -5.37. The molecule has 1 aliphatic rings. The molecule has 1 fully saturated rings. The average Bonchev–Trinajstić information content (AvgIpc) is 3.82. The maximum Gasteiger partial charge on any atom is 0.350 e. The zero-order valence-corrected chi connectivity index (χ0v) is 23.5. The van der Waals surface area contributed by atoms with Crippen molar-refractivity contribution in [2.45, 2.75) is 19.5 Å². The van der Waals surface area contributed by atoms with E-state index in [9.17, 15) is 13.6 Å². The van der Waals surface area contributed by atoms with E-state index >= 15 is 0 Å². The number of carbonyl (C=O) groups is 1. The smallest absolute Gasteiger partial charge is 0.350 e. The van der Waals surface area contributed by atoms with Crippen LogP contribution >= 0.6 is 0 Å². The van der Waals surface area contributed by atoms with Crippen LogP contribution in [0.5, 0.6) is 0 Å². The van der Waals surface area contributed by atoms with Gasteiger partial charge in [-0.25, -0.2) is 4.98 Å². The third-order valence-corrected chi connectivity index (χ3v) is 7.70. The van der Waals surface area contributed by atoms with E-state index in [1.54, 1.807) is 23.2 Å². The van der Waals surface area contributed by atoms with Crippen LogP contribution in [0, 0.1) is 6.92 Å². The molecule has 14 heteroatoms. The number of aromatic amines is 1. The molecule has 44 heavy (non-hydrogen) atoms. The fourth-order valence-electron chi connectivity index (χ4n) is 5.48. The fraction of sp³-hybridized carbons (Fsp3) is 0.233. The van der Waals surface area contributed by atoms with E-state index in [0.29, 0.717) is 53.5 Å². The van der Waals surface area contributed by atoms with Gasteiger partial charge in [0.15, 0.2) is 11.4 Å². The minimum Gasteiger partial charge on any atom is -0.436 e. The largest absolute Gasteiger partial charge is 0.436 e. The summed E-state index contributed by atoms with van der Waals surface area (Å²) in [6.45, 7) is 0.784. The molecule has 0 saturated carbocycles. The number of aryl methyl sites for hydroxylation is 1. The van der Waals surface area contributed by atoms with E-state index in [2.05, 4.69) is 40.5 Å². The normalized spacial score (nSPS) is 14.9. The van der Waals surface area contributed by atoms with Gasteiger partial charge in [0.1, 0.15) is 11.2 Å². The molecule has 2 aromatic carbocycles. The third-order valence-electron chi connectivity index (χ3n) is 7.70. The second-order valence-corrected chi connectivity index (χ2v) is 10.4. The zero-order chi connectivity index (χ0) is 30.2. The molecule has 1 atom stereocenters. The van der Waals surface area contributed by atoms with Crippen LogP contribution < -0.4 is 0 Å². The first-order chi connectivity index (χ1) is 21.4. The molecule has 1 N–H and O–H groups in total. The summed E-state index contributed by atoms with van der Waals surface area (Å²) < 4.78 is 32.4. The van der Waals surface area contributed by atoms with Crippen molar-refractivity contribution in [2.24, 2.45) is 0 Å². The maximum absolute atomic E-state index is 13.5. The molecule has 0 radical (unpaired) electrons. The number of amides is 1. The summed E-state index contributed by atoms with van der Waals surface area (Å²) in [5.74, 6) is 0.340. The number of benzene rings is 2. The summed E-state index contributed by atoms with van der Waals surface area (Å²) in [6.07, 6.45) is 3.41. The Morgan fingerprint density at radius 3 is 2.55 bits per heavy atom. The van der Waals surface area contributed by atoms with Gasteiger partial charge in [-0.2, -0.15) is 13.9 Å². The van der Waals surface area contributed by atoms with Crippen molar-refractivity contribution in [3.8, 4) is 22.6 Å². The SMILES string of the molecule is Cc1n[nH]cc1-c1ccc2oc(-c3ccnc(C(=O)N4CCN([C@H](c5ccccc5)c5nnn(C(F)F)n5)CC4)c3)nc2c1. The molecule has 0 spiro atoms. The number of alkyl halides is 2. The molecule has 7 rings (SSSR count). The number of pyridine rings is 1. The fourth-order valence-corrected chi connectivity index (χ4v) is 5.48. The van der Waals surface area contributed by atoms with E-state index in [1.165, 1.54) is 0 Å². The van der Waals surface area contributed by atoms with Gasteiger partial charge in [-0.1, -0.05) is 41.2 Å². The Kier molecular flexibility index (Phi) is 7.10. The van der Waals surface area contributed by atoms with Gasteiger partial charge in [-0.15, -0.1) is 10.2 Å². The highest BCUT2D eigenvalue weighted by molar-refractivity contribution is 5.93. The number of nitrogens with one attached hydrogen (secondary N) is 1. The highest BCUT2D eigenvalue weighted by Gasteiger charge is 2.32. The number of hydrogen-bond donors (Lipinski definition) is 1. The average molecular weight is 597 g/mol. The quantitative estimate of drug-likeness (QED) is 0.282. The number of rotatable bonds is 7. The first kappa shape index (κ1) is 27.5. The van der Waals surface area contributed by atoms with E-state index in [0.717, 1.165) is 22.4 Å². The van der Waals surface area contributed by atoms with Crippen molar-refractivity contribution >= 4 is 17.0 Å². The highest BCUT2D eigenvalue weighted by atomic mass is 19.3. The van der Waals surface area contributed by atoms with Crippen LogP contribution in [0.3, 0.4) is 0 Å². The lowest BCUT2D eigenvalue weighted by Crippen LogP contribution is -2.50. The number of halogens is 2. The lowest BCUT2D eigenvalue weighted by molar-refractivity contribution is 0.0385. The second-order valence-electron chi connectivity index (χ2n) is 10.4. The van der Waals surface area contributed by atoms with E-state index in [1.807, 2.05) is 61.7 Å². The number of piperazine rings is 1. The topological polar surface area (TPSA) is 135 Å². The van der Waals surface area contributed by atoms with Gasteiger partial charge >= 0.3 is 6.55 Å². The summed E-state index contributed by atoms with van der Waals surface area (Å²) in [7, 11) is 0. The van der Waals surface area contributed by atoms with Gasteiger partial charge in [-0.3, -0.25) is 19.8 Å². The van der Waals surface area contributed by atoms with E-state index in [4.69, 9.17) is 4.42 Å². The van der Waals surface area contributed by atoms with E-state index in [-0.39, 0.29) is 17.4 Å². The van der Waals surface area contributed by atoms with Crippen LogP contribution in [0.15, 0.2) is 77.5 Å².